The lowest BCUT2D eigenvalue weighted by Gasteiger charge is -2.08. The van der Waals surface area contributed by atoms with Gasteiger partial charge in [-0.25, -0.2) is 0 Å². The summed E-state index contributed by atoms with van der Waals surface area (Å²) in [4.78, 5) is 13.2. The molecule has 0 spiro atoms. The van der Waals surface area contributed by atoms with Crippen LogP contribution in [0.4, 0.5) is 0 Å². The summed E-state index contributed by atoms with van der Waals surface area (Å²) in [5.74, 6) is 0.744. The molecule has 0 unspecified atom stereocenters. The van der Waals surface area contributed by atoms with E-state index in [0.717, 1.165) is 21.8 Å². The van der Waals surface area contributed by atoms with Gasteiger partial charge in [0, 0.05) is 10.5 Å². The predicted octanol–water partition coefficient (Wildman–Crippen LogP) is 4.29. The fourth-order valence-corrected chi connectivity index (χ4v) is 2.43. The number of ether oxygens (including phenoxy) is 1. The highest BCUT2D eigenvalue weighted by molar-refractivity contribution is 7.98. The summed E-state index contributed by atoms with van der Waals surface area (Å²) in [6, 6.07) is 13.6. The van der Waals surface area contributed by atoms with E-state index in [1.165, 1.54) is 0 Å². The van der Waals surface area contributed by atoms with E-state index in [-0.39, 0.29) is 12.4 Å². The molecular weight excluding hydrogens is 268 g/mol. The van der Waals surface area contributed by atoms with Crippen molar-refractivity contribution in [1.29, 1.82) is 0 Å². The standard InChI is InChI=1S/C17H18O2S/c1-12-8-13(2)10-15(9-12)19-11-17(18)14-4-6-16(20-3)7-5-14/h4-10H,11H2,1-3H3. The molecule has 104 valence electrons. The van der Waals surface area contributed by atoms with Crippen molar-refractivity contribution in [3.63, 3.8) is 0 Å². The Kier molecular flexibility index (Phi) is 4.85. The molecule has 0 atom stereocenters. The third kappa shape index (κ3) is 3.87. The minimum absolute atomic E-state index is 0.00295. The van der Waals surface area contributed by atoms with Crippen LogP contribution >= 0.6 is 11.8 Å². The molecular formula is C17H18O2S. The van der Waals surface area contributed by atoms with Crippen LogP contribution < -0.4 is 4.74 Å². The second-order valence-electron chi connectivity index (χ2n) is 4.76. The van der Waals surface area contributed by atoms with Gasteiger partial charge in [-0.2, -0.15) is 0 Å². The molecule has 3 heteroatoms. The zero-order valence-corrected chi connectivity index (χ0v) is 12.8. The number of ketones is 1. The van der Waals surface area contributed by atoms with Crippen molar-refractivity contribution in [3.05, 3.63) is 59.2 Å². The number of benzene rings is 2. The van der Waals surface area contributed by atoms with Crippen LogP contribution in [0.2, 0.25) is 0 Å². The van der Waals surface area contributed by atoms with Gasteiger partial charge in [-0.05, 0) is 55.5 Å². The minimum atomic E-state index is -0.00295. The predicted molar refractivity (Wildman–Crippen MR) is 84.0 cm³/mol. The van der Waals surface area contributed by atoms with Crippen LogP contribution in [0.5, 0.6) is 5.75 Å². The molecule has 0 radical (unpaired) electrons. The summed E-state index contributed by atoms with van der Waals surface area (Å²) < 4.78 is 5.59. The molecule has 2 aromatic rings. The van der Waals surface area contributed by atoms with E-state index in [2.05, 4.69) is 6.07 Å². The molecule has 0 aliphatic heterocycles. The van der Waals surface area contributed by atoms with Crippen LogP contribution in [0, 0.1) is 13.8 Å². The molecule has 0 saturated carbocycles. The SMILES string of the molecule is CSc1ccc(C(=O)COc2cc(C)cc(C)c2)cc1. The van der Waals surface area contributed by atoms with Gasteiger partial charge >= 0.3 is 0 Å². The van der Waals surface area contributed by atoms with Crippen LogP contribution in [-0.2, 0) is 0 Å². The summed E-state index contributed by atoms with van der Waals surface area (Å²) in [5.41, 5.74) is 2.96. The first-order chi connectivity index (χ1) is 9.58. The van der Waals surface area contributed by atoms with Gasteiger partial charge in [0.25, 0.3) is 0 Å². The Labute approximate surface area is 124 Å². The molecule has 20 heavy (non-hydrogen) atoms. The third-order valence-corrected chi connectivity index (χ3v) is 3.72. The second kappa shape index (κ2) is 6.62. The number of thioether (sulfide) groups is 1. The van der Waals surface area contributed by atoms with E-state index < -0.39 is 0 Å². The fourth-order valence-electron chi connectivity index (χ4n) is 2.03. The maximum Gasteiger partial charge on any atom is 0.200 e. The molecule has 2 nitrogen and oxygen atoms in total. The highest BCUT2D eigenvalue weighted by Crippen LogP contribution is 2.18. The lowest BCUT2D eigenvalue weighted by Crippen LogP contribution is -2.11. The summed E-state index contributed by atoms with van der Waals surface area (Å²) in [6.07, 6.45) is 2.01. The first-order valence-corrected chi connectivity index (χ1v) is 7.69. The minimum Gasteiger partial charge on any atom is -0.485 e. The van der Waals surface area contributed by atoms with Gasteiger partial charge in [-0.15, -0.1) is 11.8 Å². The summed E-state index contributed by atoms with van der Waals surface area (Å²) >= 11 is 1.66. The molecule has 0 N–H and O–H groups in total. The number of carbonyl (C=O) groups is 1. The highest BCUT2D eigenvalue weighted by atomic mass is 32.2. The lowest BCUT2D eigenvalue weighted by atomic mass is 10.1. The van der Waals surface area contributed by atoms with Gasteiger partial charge < -0.3 is 4.74 Å². The van der Waals surface area contributed by atoms with Crippen molar-refractivity contribution >= 4 is 17.5 Å². The second-order valence-corrected chi connectivity index (χ2v) is 5.64. The van der Waals surface area contributed by atoms with Gasteiger partial charge in [0.15, 0.2) is 12.4 Å². The molecule has 0 aliphatic rings. The molecule has 0 heterocycles. The molecule has 2 rings (SSSR count). The average molecular weight is 286 g/mol. The van der Waals surface area contributed by atoms with Gasteiger partial charge in [0.05, 0.1) is 0 Å². The first-order valence-electron chi connectivity index (χ1n) is 6.47. The lowest BCUT2D eigenvalue weighted by molar-refractivity contribution is 0.0921. The fraction of sp³-hybridized carbons (Fsp3) is 0.235. The molecule has 0 bridgehead atoms. The Morgan fingerprint density at radius 1 is 1.05 bits per heavy atom. The first kappa shape index (κ1) is 14.7. The van der Waals surface area contributed by atoms with E-state index in [9.17, 15) is 4.79 Å². The van der Waals surface area contributed by atoms with E-state index in [4.69, 9.17) is 4.74 Å². The topological polar surface area (TPSA) is 26.3 Å². The molecule has 0 saturated heterocycles. The Morgan fingerprint density at radius 3 is 2.20 bits per heavy atom. The summed E-state index contributed by atoms with van der Waals surface area (Å²) in [7, 11) is 0. The van der Waals surface area contributed by atoms with Gasteiger partial charge in [0.1, 0.15) is 5.75 Å². The van der Waals surface area contributed by atoms with Crippen molar-refractivity contribution in [2.45, 2.75) is 18.7 Å². The van der Waals surface area contributed by atoms with E-state index in [1.54, 1.807) is 11.8 Å². The van der Waals surface area contributed by atoms with Crippen LogP contribution in [0.1, 0.15) is 21.5 Å². The van der Waals surface area contributed by atoms with E-state index >= 15 is 0 Å². The van der Waals surface area contributed by atoms with E-state index in [0.29, 0.717) is 5.56 Å². The molecule has 0 fully saturated rings. The Balaban J connectivity index is 2.00. The maximum absolute atomic E-state index is 12.1. The molecule has 0 aromatic heterocycles. The third-order valence-electron chi connectivity index (χ3n) is 2.98. The summed E-state index contributed by atoms with van der Waals surface area (Å²) in [5, 5.41) is 0. The van der Waals surface area contributed by atoms with Crippen LogP contribution in [0.25, 0.3) is 0 Å². The smallest absolute Gasteiger partial charge is 0.200 e. The van der Waals surface area contributed by atoms with Crippen LogP contribution in [-0.4, -0.2) is 18.6 Å². The Hall–Kier alpha value is -1.74. The molecule has 0 amide bonds. The van der Waals surface area contributed by atoms with Gasteiger partial charge in [0.2, 0.25) is 0 Å². The van der Waals surface area contributed by atoms with Gasteiger partial charge in [-0.3, -0.25) is 4.79 Å². The van der Waals surface area contributed by atoms with Crippen molar-refractivity contribution in [2.75, 3.05) is 12.9 Å². The average Bonchev–Trinajstić information content (AvgIpc) is 2.44. The Bertz CT molecular complexity index is 583. The van der Waals surface area contributed by atoms with Crippen molar-refractivity contribution in [2.24, 2.45) is 0 Å². The monoisotopic (exact) mass is 286 g/mol. The zero-order valence-electron chi connectivity index (χ0n) is 12.0. The van der Waals surface area contributed by atoms with Gasteiger partial charge in [-0.1, -0.05) is 18.2 Å². The quantitative estimate of drug-likeness (QED) is 0.606. The Morgan fingerprint density at radius 2 is 1.65 bits per heavy atom. The number of rotatable bonds is 5. The normalized spacial score (nSPS) is 10.3. The number of Topliss-reactive ketones (excluding diaryl/α,β-unsaturated/α-hetero) is 1. The summed E-state index contributed by atoms with van der Waals surface area (Å²) in [6.45, 7) is 4.10. The number of carbonyl (C=O) groups excluding carboxylic acids is 1. The van der Waals surface area contributed by atoms with Crippen LogP contribution in [0.3, 0.4) is 0 Å². The van der Waals surface area contributed by atoms with Crippen LogP contribution in [0.15, 0.2) is 47.4 Å². The van der Waals surface area contributed by atoms with Crippen molar-refractivity contribution in [3.8, 4) is 5.75 Å². The maximum atomic E-state index is 12.1. The number of hydrogen-bond acceptors (Lipinski definition) is 3. The highest BCUT2D eigenvalue weighted by Gasteiger charge is 2.07. The number of aryl methyl sites for hydroxylation is 2. The zero-order chi connectivity index (χ0) is 14.5. The largest absolute Gasteiger partial charge is 0.485 e. The van der Waals surface area contributed by atoms with Crippen molar-refractivity contribution in [1.82, 2.24) is 0 Å². The number of hydrogen-bond donors (Lipinski definition) is 0. The molecule has 2 aromatic carbocycles. The van der Waals surface area contributed by atoms with E-state index in [1.807, 2.05) is 56.5 Å². The van der Waals surface area contributed by atoms with Crippen molar-refractivity contribution < 1.29 is 9.53 Å². The molecule has 0 aliphatic carbocycles.